The molecule has 0 aliphatic carbocycles. The topological polar surface area (TPSA) is 34.4 Å². The van der Waals surface area contributed by atoms with Gasteiger partial charge in [-0.3, -0.25) is 9.20 Å². The third-order valence-corrected chi connectivity index (χ3v) is 3.37. The molecule has 2 heterocycles. The van der Waals surface area contributed by atoms with E-state index in [0.29, 0.717) is 5.69 Å². The minimum absolute atomic E-state index is 0.615. The van der Waals surface area contributed by atoms with E-state index < -0.39 is 0 Å². The Labute approximate surface area is 106 Å². The molecule has 0 radical (unpaired) electrons. The molecular weight excluding hydrogens is 280 g/mol. The van der Waals surface area contributed by atoms with Crippen molar-refractivity contribution < 1.29 is 4.79 Å². The quantitative estimate of drug-likeness (QED) is 0.644. The second kappa shape index (κ2) is 3.67. The summed E-state index contributed by atoms with van der Waals surface area (Å²) in [4.78, 5) is 15.5. The van der Waals surface area contributed by atoms with Gasteiger partial charge in [0.2, 0.25) is 0 Å². The lowest BCUT2D eigenvalue weighted by molar-refractivity contribution is 0.111. The van der Waals surface area contributed by atoms with Crippen molar-refractivity contribution in [1.82, 2.24) is 9.38 Å². The molecule has 0 atom stereocenters. The van der Waals surface area contributed by atoms with Crippen molar-refractivity contribution in [2.24, 2.45) is 0 Å². The second-order valence-corrected chi connectivity index (χ2v) is 4.85. The lowest BCUT2D eigenvalue weighted by Crippen LogP contribution is -1.94. The predicted molar refractivity (Wildman–Crippen MR) is 70.5 cm³/mol. The Morgan fingerprint density at radius 1 is 1.29 bits per heavy atom. The van der Waals surface area contributed by atoms with Crippen molar-refractivity contribution in [2.45, 2.75) is 6.92 Å². The Morgan fingerprint density at radius 3 is 2.82 bits per heavy atom. The highest BCUT2D eigenvalue weighted by Gasteiger charge is 2.10. The van der Waals surface area contributed by atoms with E-state index in [2.05, 4.69) is 20.9 Å². The first-order chi connectivity index (χ1) is 8.20. The number of aldehydes is 1. The number of hydrogen-bond donors (Lipinski definition) is 0. The van der Waals surface area contributed by atoms with Crippen LogP contribution in [0.1, 0.15) is 16.2 Å². The standard InChI is InChI=1S/C13H9BrN2O/c1-8-12(7-17)16-11-6-10(14)4-2-9(11)3-5-13(16)15-8/h2-7H,1H3. The molecule has 84 valence electrons. The average Bonchev–Trinajstić information content (AvgIpc) is 2.64. The maximum Gasteiger partial charge on any atom is 0.168 e. The molecule has 0 fully saturated rings. The summed E-state index contributed by atoms with van der Waals surface area (Å²) in [5.74, 6) is 0. The zero-order valence-corrected chi connectivity index (χ0v) is 10.7. The number of fused-ring (bicyclic) bond motifs is 3. The molecule has 3 rings (SSSR count). The molecule has 1 aromatic carbocycles. The molecule has 3 nitrogen and oxygen atoms in total. The average molecular weight is 289 g/mol. The number of benzene rings is 1. The van der Waals surface area contributed by atoms with Crippen molar-refractivity contribution in [3.05, 3.63) is 46.2 Å². The van der Waals surface area contributed by atoms with Crippen LogP contribution >= 0.6 is 15.9 Å². The van der Waals surface area contributed by atoms with Gasteiger partial charge in [-0.25, -0.2) is 4.98 Å². The van der Waals surface area contributed by atoms with E-state index in [0.717, 1.165) is 33.0 Å². The second-order valence-electron chi connectivity index (χ2n) is 3.93. The Bertz CT molecular complexity index is 746. The van der Waals surface area contributed by atoms with Gasteiger partial charge in [0.05, 0.1) is 11.2 Å². The maximum atomic E-state index is 11.2. The van der Waals surface area contributed by atoms with Crippen molar-refractivity contribution in [3.8, 4) is 0 Å². The van der Waals surface area contributed by atoms with Crippen LogP contribution in [0.3, 0.4) is 0 Å². The Morgan fingerprint density at radius 2 is 2.06 bits per heavy atom. The van der Waals surface area contributed by atoms with Gasteiger partial charge in [0.25, 0.3) is 0 Å². The lowest BCUT2D eigenvalue weighted by atomic mass is 10.2. The van der Waals surface area contributed by atoms with Crippen LogP contribution in [-0.2, 0) is 0 Å². The van der Waals surface area contributed by atoms with Crippen LogP contribution < -0.4 is 0 Å². The number of carbonyl (C=O) groups is 1. The highest BCUT2D eigenvalue weighted by molar-refractivity contribution is 9.10. The van der Waals surface area contributed by atoms with Gasteiger partial charge in [-0.2, -0.15) is 0 Å². The summed E-state index contributed by atoms with van der Waals surface area (Å²) in [6.07, 6.45) is 0.857. The van der Waals surface area contributed by atoms with Gasteiger partial charge in [-0.1, -0.05) is 22.0 Å². The van der Waals surface area contributed by atoms with Crippen LogP contribution in [0, 0.1) is 6.92 Å². The van der Waals surface area contributed by atoms with Gasteiger partial charge in [0, 0.05) is 4.47 Å². The van der Waals surface area contributed by atoms with E-state index in [4.69, 9.17) is 0 Å². The molecule has 0 amide bonds. The number of hydrogen-bond acceptors (Lipinski definition) is 2. The molecule has 2 aromatic heterocycles. The van der Waals surface area contributed by atoms with E-state index in [1.165, 1.54) is 0 Å². The van der Waals surface area contributed by atoms with E-state index >= 15 is 0 Å². The molecule has 0 saturated carbocycles. The van der Waals surface area contributed by atoms with Gasteiger partial charge >= 0.3 is 0 Å². The van der Waals surface area contributed by atoms with Gasteiger partial charge in [0.1, 0.15) is 11.3 Å². The first-order valence-electron chi connectivity index (χ1n) is 5.23. The number of rotatable bonds is 1. The Kier molecular flexibility index (Phi) is 2.26. The highest BCUT2D eigenvalue weighted by Crippen LogP contribution is 2.23. The van der Waals surface area contributed by atoms with Crippen molar-refractivity contribution in [1.29, 1.82) is 0 Å². The van der Waals surface area contributed by atoms with Crippen LogP contribution in [0.5, 0.6) is 0 Å². The van der Waals surface area contributed by atoms with Crippen LogP contribution in [0.4, 0.5) is 0 Å². The fourth-order valence-electron chi connectivity index (χ4n) is 2.08. The van der Waals surface area contributed by atoms with Crippen molar-refractivity contribution in [3.63, 3.8) is 0 Å². The van der Waals surface area contributed by atoms with Crippen LogP contribution in [0.15, 0.2) is 34.8 Å². The number of aromatic nitrogens is 2. The lowest BCUT2D eigenvalue weighted by Gasteiger charge is -2.03. The minimum atomic E-state index is 0.615. The molecule has 0 spiro atoms. The van der Waals surface area contributed by atoms with Crippen LogP contribution in [-0.4, -0.2) is 15.7 Å². The van der Waals surface area contributed by atoms with Crippen LogP contribution in [0.25, 0.3) is 16.6 Å². The third-order valence-electron chi connectivity index (χ3n) is 2.88. The predicted octanol–water partition coefficient (Wildman–Crippen LogP) is 3.37. The van der Waals surface area contributed by atoms with E-state index in [1.807, 2.05) is 41.7 Å². The van der Waals surface area contributed by atoms with Gasteiger partial charge in [-0.05, 0) is 36.6 Å². The number of imidazole rings is 1. The summed E-state index contributed by atoms with van der Waals surface area (Å²) < 4.78 is 2.88. The molecule has 0 bridgehead atoms. The number of nitrogens with zero attached hydrogens (tertiary/aromatic N) is 2. The maximum absolute atomic E-state index is 11.2. The first kappa shape index (κ1) is 10.5. The molecule has 0 saturated heterocycles. The molecule has 4 heteroatoms. The van der Waals surface area contributed by atoms with E-state index in [1.54, 1.807) is 0 Å². The zero-order chi connectivity index (χ0) is 12.0. The summed E-state index contributed by atoms with van der Waals surface area (Å²) in [6, 6.07) is 9.94. The largest absolute Gasteiger partial charge is 0.296 e. The summed E-state index contributed by atoms with van der Waals surface area (Å²) in [7, 11) is 0. The number of carbonyl (C=O) groups excluding carboxylic acids is 1. The molecular formula is C13H9BrN2O. The first-order valence-corrected chi connectivity index (χ1v) is 6.02. The monoisotopic (exact) mass is 288 g/mol. The summed E-state index contributed by atoms with van der Waals surface area (Å²) in [6.45, 7) is 1.85. The third kappa shape index (κ3) is 1.48. The Balaban J connectivity index is 2.60. The minimum Gasteiger partial charge on any atom is -0.296 e. The number of aryl methyl sites for hydroxylation is 1. The fraction of sp³-hybridized carbons (Fsp3) is 0.0769. The summed E-state index contributed by atoms with van der Waals surface area (Å²) >= 11 is 3.45. The molecule has 0 aliphatic heterocycles. The van der Waals surface area contributed by atoms with Gasteiger partial charge in [-0.15, -0.1) is 0 Å². The summed E-state index contributed by atoms with van der Waals surface area (Å²) in [5.41, 5.74) is 3.16. The van der Waals surface area contributed by atoms with Crippen LogP contribution in [0.2, 0.25) is 0 Å². The van der Waals surface area contributed by atoms with Gasteiger partial charge in [0.15, 0.2) is 6.29 Å². The van der Waals surface area contributed by atoms with Gasteiger partial charge < -0.3 is 0 Å². The number of halogens is 1. The molecule has 0 unspecified atom stereocenters. The SMILES string of the molecule is Cc1nc2ccc3ccc(Br)cc3n2c1C=O. The zero-order valence-electron chi connectivity index (χ0n) is 9.14. The van der Waals surface area contributed by atoms with E-state index in [9.17, 15) is 4.79 Å². The number of pyridine rings is 1. The molecule has 0 aliphatic rings. The highest BCUT2D eigenvalue weighted by atomic mass is 79.9. The smallest absolute Gasteiger partial charge is 0.168 e. The fourth-order valence-corrected chi connectivity index (χ4v) is 2.43. The molecule has 0 N–H and O–H groups in total. The van der Waals surface area contributed by atoms with Crippen molar-refractivity contribution >= 4 is 38.8 Å². The summed E-state index contributed by atoms with van der Waals surface area (Å²) in [5, 5.41) is 1.08. The Hall–Kier alpha value is -1.68. The molecule has 3 aromatic rings. The van der Waals surface area contributed by atoms with E-state index in [-0.39, 0.29) is 0 Å². The van der Waals surface area contributed by atoms with Crippen molar-refractivity contribution in [2.75, 3.05) is 0 Å². The molecule has 17 heavy (non-hydrogen) atoms. The normalized spacial score (nSPS) is 11.2.